The van der Waals surface area contributed by atoms with Gasteiger partial charge < -0.3 is 20.3 Å². The number of methoxy groups -OCH3 is 1. The molecule has 1 heterocycles. The average molecular weight is 429 g/mol. The lowest BCUT2D eigenvalue weighted by Gasteiger charge is -2.19. The predicted octanol–water partition coefficient (Wildman–Crippen LogP) is 6.28. The largest absolute Gasteiger partial charge is 0.495 e. The summed E-state index contributed by atoms with van der Waals surface area (Å²) in [5.41, 5.74) is 5.02. The van der Waals surface area contributed by atoms with Crippen LogP contribution in [0.15, 0.2) is 66.7 Å². The molecule has 5 nitrogen and oxygen atoms in total. The van der Waals surface area contributed by atoms with Crippen LogP contribution in [0.5, 0.6) is 5.75 Å². The molecule has 166 valence electrons. The van der Waals surface area contributed by atoms with Crippen LogP contribution in [-0.4, -0.2) is 43.2 Å². The summed E-state index contributed by atoms with van der Waals surface area (Å²) in [6.45, 7) is 8.63. The van der Waals surface area contributed by atoms with Crippen molar-refractivity contribution < 1.29 is 4.74 Å². The highest BCUT2D eigenvalue weighted by Gasteiger charge is 2.11. The summed E-state index contributed by atoms with van der Waals surface area (Å²) < 4.78 is 5.69. The zero-order valence-electron chi connectivity index (χ0n) is 19.2. The summed E-state index contributed by atoms with van der Waals surface area (Å²) in [7, 11) is 1.72. The van der Waals surface area contributed by atoms with Gasteiger partial charge in [0.05, 0.1) is 29.5 Å². The molecule has 0 atom stereocenters. The van der Waals surface area contributed by atoms with Crippen molar-refractivity contribution in [2.75, 3.05) is 43.9 Å². The highest BCUT2D eigenvalue weighted by atomic mass is 16.5. The normalized spacial score (nSPS) is 11.2. The van der Waals surface area contributed by atoms with E-state index in [9.17, 15) is 0 Å². The zero-order valence-corrected chi connectivity index (χ0v) is 19.2. The van der Waals surface area contributed by atoms with E-state index in [0.717, 1.165) is 77.2 Å². The number of hydrogen-bond donors (Lipinski definition) is 2. The van der Waals surface area contributed by atoms with Crippen molar-refractivity contribution in [2.24, 2.45) is 0 Å². The maximum atomic E-state index is 5.69. The van der Waals surface area contributed by atoms with Gasteiger partial charge in [0.25, 0.3) is 0 Å². The molecule has 0 aliphatic heterocycles. The fraction of sp³-hybridized carbons (Fsp3) is 0.296. The van der Waals surface area contributed by atoms with Crippen LogP contribution < -0.4 is 15.4 Å². The lowest BCUT2D eigenvalue weighted by molar-refractivity contribution is 0.303. The number of rotatable bonds is 10. The van der Waals surface area contributed by atoms with E-state index < -0.39 is 0 Å². The Morgan fingerprint density at radius 2 is 1.53 bits per heavy atom. The van der Waals surface area contributed by atoms with E-state index in [1.54, 1.807) is 7.11 Å². The quantitative estimate of drug-likeness (QED) is 0.230. The molecule has 2 N–H and O–H groups in total. The van der Waals surface area contributed by atoms with Gasteiger partial charge in [-0.05, 0) is 50.3 Å². The topological polar surface area (TPSA) is 49.4 Å². The molecule has 3 aromatic carbocycles. The molecule has 0 unspecified atom stereocenters. The summed E-state index contributed by atoms with van der Waals surface area (Å²) in [5, 5.41) is 9.36. The summed E-state index contributed by atoms with van der Waals surface area (Å²) in [4.78, 5) is 7.26. The fourth-order valence-corrected chi connectivity index (χ4v) is 4.10. The first-order valence-electron chi connectivity index (χ1n) is 11.4. The number of benzene rings is 3. The Morgan fingerprint density at radius 3 is 2.16 bits per heavy atom. The van der Waals surface area contributed by atoms with Crippen LogP contribution >= 0.6 is 0 Å². The van der Waals surface area contributed by atoms with Crippen molar-refractivity contribution in [1.29, 1.82) is 0 Å². The van der Waals surface area contributed by atoms with Gasteiger partial charge in [-0.15, -0.1) is 0 Å². The van der Waals surface area contributed by atoms with Gasteiger partial charge in [0.15, 0.2) is 0 Å². The average Bonchev–Trinajstić information content (AvgIpc) is 2.84. The van der Waals surface area contributed by atoms with Crippen LogP contribution in [0.2, 0.25) is 0 Å². The Labute approximate surface area is 190 Å². The molecule has 0 fully saturated rings. The highest BCUT2D eigenvalue weighted by Crippen LogP contribution is 2.35. The van der Waals surface area contributed by atoms with Crippen molar-refractivity contribution in [2.45, 2.75) is 20.3 Å². The van der Waals surface area contributed by atoms with Crippen LogP contribution in [-0.2, 0) is 0 Å². The monoisotopic (exact) mass is 428 g/mol. The molecule has 1 aromatic heterocycles. The Bertz CT molecular complexity index is 1130. The van der Waals surface area contributed by atoms with Crippen molar-refractivity contribution in [3.05, 3.63) is 66.7 Å². The number of nitrogens with one attached hydrogen (secondary N) is 2. The summed E-state index contributed by atoms with van der Waals surface area (Å²) in [6.07, 6.45) is 1.10. The molecule has 0 aliphatic carbocycles. The molecular formula is C27H32N4O. The minimum atomic E-state index is 0.834. The van der Waals surface area contributed by atoms with Gasteiger partial charge in [0.2, 0.25) is 0 Å². The lowest BCUT2D eigenvalue weighted by atomic mass is 10.1. The Morgan fingerprint density at radius 1 is 0.875 bits per heavy atom. The van der Waals surface area contributed by atoms with Crippen LogP contribution in [0.25, 0.3) is 21.8 Å². The van der Waals surface area contributed by atoms with Crippen molar-refractivity contribution in [1.82, 2.24) is 9.88 Å². The second-order valence-electron chi connectivity index (χ2n) is 7.87. The van der Waals surface area contributed by atoms with Gasteiger partial charge in [-0.25, -0.2) is 4.98 Å². The maximum absolute atomic E-state index is 5.69. The van der Waals surface area contributed by atoms with Gasteiger partial charge in [-0.3, -0.25) is 0 Å². The molecular weight excluding hydrogens is 396 g/mol. The predicted molar refractivity (Wildman–Crippen MR) is 136 cm³/mol. The number of ether oxygens (including phenoxy) is 1. The number of anilines is 3. The SMILES string of the molecule is CCN(CC)CCCNc1ccc(Nc2c3ccccc3nc3ccccc23)cc1OC. The third-order valence-corrected chi connectivity index (χ3v) is 5.92. The molecule has 0 spiro atoms. The van der Waals surface area contributed by atoms with Crippen LogP contribution in [0.3, 0.4) is 0 Å². The van der Waals surface area contributed by atoms with Gasteiger partial charge in [-0.2, -0.15) is 0 Å². The van der Waals surface area contributed by atoms with Crippen LogP contribution in [0, 0.1) is 0 Å². The summed E-state index contributed by atoms with van der Waals surface area (Å²) >= 11 is 0. The van der Waals surface area contributed by atoms with Crippen LogP contribution in [0.1, 0.15) is 20.3 Å². The smallest absolute Gasteiger partial charge is 0.144 e. The molecule has 0 aliphatic rings. The Kier molecular flexibility index (Phi) is 7.07. The van der Waals surface area contributed by atoms with Crippen molar-refractivity contribution >= 4 is 38.9 Å². The van der Waals surface area contributed by atoms with Crippen LogP contribution in [0.4, 0.5) is 17.1 Å². The lowest BCUT2D eigenvalue weighted by Crippen LogP contribution is -2.25. The van der Waals surface area contributed by atoms with E-state index >= 15 is 0 Å². The molecule has 0 saturated heterocycles. The van der Waals surface area contributed by atoms with E-state index in [-0.39, 0.29) is 0 Å². The molecule has 0 amide bonds. The molecule has 4 rings (SSSR count). The molecule has 0 bridgehead atoms. The summed E-state index contributed by atoms with van der Waals surface area (Å²) in [5.74, 6) is 0.834. The van der Waals surface area contributed by atoms with Gasteiger partial charge >= 0.3 is 0 Å². The standard InChI is InChI=1S/C27H32N4O/c1-4-31(5-2)18-10-17-28-25-16-15-20(19-26(25)32-3)29-27-21-11-6-8-13-23(21)30-24-14-9-7-12-22(24)27/h6-9,11-16,19,28H,4-5,10,17-18H2,1-3H3,(H,29,30). The number of pyridine rings is 1. The third kappa shape index (κ3) is 4.78. The number of hydrogen-bond acceptors (Lipinski definition) is 5. The molecule has 4 aromatic rings. The highest BCUT2D eigenvalue weighted by molar-refractivity contribution is 6.08. The number of fused-ring (bicyclic) bond motifs is 2. The summed E-state index contributed by atoms with van der Waals surface area (Å²) in [6, 6.07) is 22.7. The second-order valence-corrected chi connectivity index (χ2v) is 7.87. The van der Waals surface area contributed by atoms with Gasteiger partial charge in [0.1, 0.15) is 5.75 Å². The Hall–Kier alpha value is -3.31. The number of nitrogens with zero attached hydrogens (tertiary/aromatic N) is 2. The molecule has 5 heteroatoms. The van der Waals surface area contributed by atoms with E-state index in [1.165, 1.54) is 0 Å². The number of aromatic nitrogens is 1. The third-order valence-electron chi connectivity index (χ3n) is 5.92. The molecule has 32 heavy (non-hydrogen) atoms. The number of para-hydroxylation sites is 2. The van der Waals surface area contributed by atoms with E-state index in [2.05, 4.69) is 84.0 Å². The minimum absolute atomic E-state index is 0.834. The second kappa shape index (κ2) is 10.3. The first-order chi connectivity index (χ1) is 15.7. The van der Waals surface area contributed by atoms with E-state index in [4.69, 9.17) is 9.72 Å². The first kappa shape index (κ1) is 21.9. The first-order valence-corrected chi connectivity index (χ1v) is 11.4. The minimum Gasteiger partial charge on any atom is -0.495 e. The Balaban J connectivity index is 1.57. The van der Waals surface area contributed by atoms with E-state index in [1.807, 2.05) is 12.1 Å². The fourth-order valence-electron chi connectivity index (χ4n) is 4.10. The zero-order chi connectivity index (χ0) is 22.3. The maximum Gasteiger partial charge on any atom is 0.144 e. The van der Waals surface area contributed by atoms with Crippen molar-refractivity contribution in [3.8, 4) is 5.75 Å². The van der Waals surface area contributed by atoms with E-state index in [0.29, 0.717) is 0 Å². The molecule has 0 saturated carbocycles. The van der Waals surface area contributed by atoms with Gasteiger partial charge in [0, 0.05) is 29.1 Å². The van der Waals surface area contributed by atoms with Gasteiger partial charge in [-0.1, -0.05) is 50.2 Å². The van der Waals surface area contributed by atoms with Crippen molar-refractivity contribution in [3.63, 3.8) is 0 Å². The molecule has 0 radical (unpaired) electrons.